The number of rotatable bonds is 11. The number of carbonyl (C=O) groups is 3. The summed E-state index contributed by atoms with van der Waals surface area (Å²) in [5.41, 5.74) is 5.12. The van der Waals surface area contributed by atoms with E-state index in [0.717, 1.165) is 45.5 Å². The van der Waals surface area contributed by atoms with Gasteiger partial charge in [0.05, 0.1) is 24.2 Å². The van der Waals surface area contributed by atoms with Crippen LogP contribution in [0.25, 0.3) is 10.9 Å². The minimum Gasteiger partial charge on any atom is -0.497 e. The zero-order valence-corrected chi connectivity index (χ0v) is 26.0. The van der Waals surface area contributed by atoms with Gasteiger partial charge in [-0.15, -0.1) is 0 Å². The Kier molecular flexibility index (Phi) is 9.06. The van der Waals surface area contributed by atoms with Crippen LogP contribution in [0.3, 0.4) is 0 Å². The molecule has 8 heteroatoms. The summed E-state index contributed by atoms with van der Waals surface area (Å²) in [6, 6.07) is 30.3. The van der Waals surface area contributed by atoms with Gasteiger partial charge in [0.2, 0.25) is 0 Å². The number of H-pyrrole nitrogens is 1. The van der Waals surface area contributed by atoms with Gasteiger partial charge in [0.25, 0.3) is 11.8 Å². The standard InChI is InChI=1S/C38H36N4O4/c1-3-4-11-26-16-21-33-32(24-26)28(25-40-33)22-23-39-35(27-17-19-31(46-2)20-18-27)34-36(43)41(29-12-7-5-8-13-29)38(45)42(37(34)44)30-14-9-6-10-15-30/h5-10,12-21,24-25,34,40H,3-4,11,22-23H2,1-2H3. The molecule has 1 aliphatic heterocycles. The molecule has 0 aliphatic carbocycles. The molecule has 0 saturated carbocycles. The molecular weight excluding hydrogens is 576 g/mol. The van der Waals surface area contributed by atoms with E-state index >= 15 is 0 Å². The van der Waals surface area contributed by atoms with E-state index in [9.17, 15) is 14.4 Å². The molecular formula is C38H36N4O4. The molecule has 2 heterocycles. The van der Waals surface area contributed by atoms with E-state index in [1.54, 1.807) is 79.9 Å². The lowest BCUT2D eigenvalue weighted by molar-refractivity contribution is -0.129. The number of imide groups is 2. The molecule has 1 fully saturated rings. The number of ether oxygens (including phenoxy) is 1. The normalized spacial score (nSPS) is 14.4. The molecule has 0 unspecified atom stereocenters. The number of urea groups is 1. The Morgan fingerprint density at radius 2 is 1.43 bits per heavy atom. The molecule has 1 saturated heterocycles. The summed E-state index contributed by atoms with van der Waals surface area (Å²) >= 11 is 0. The van der Waals surface area contributed by atoms with Crippen molar-refractivity contribution in [1.29, 1.82) is 0 Å². The molecule has 0 spiro atoms. The van der Waals surface area contributed by atoms with Crippen molar-refractivity contribution in [2.45, 2.75) is 32.6 Å². The van der Waals surface area contributed by atoms with Crippen molar-refractivity contribution in [2.75, 3.05) is 23.5 Å². The second kappa shape index (κ2) is 13.6. The molecule has 4 aromatic carbocycles. The Bertz CT molecular complexity index is 1820. The third-order valence-electron chi connectivity index (χ3n) is 8.32. The van der Waals surface area contributed by atoms with Gasteiger partial charge in [-0.3, -0.25) is 14.6 Å². The zero-order valence-electron chi connectivity index (χ0n) is 26.0. The van der Waals surface area contributed by atoms with Gasteiger partial charge in [0.15, 0.2) is 5.92 Å². The van der Waals surface area contributed by atoms with Crippen molar-refractivity contribution in [1.82, 2.24) is 4.98 Å². The Morgan fingerprint density at radius 1 is 0.804 bits per heavy atom. The van der Waals surface area contributed by atoms with Crippen molar-refractivity contribution in [2.24, 2.45) is 10.9 Å². The van der Waals surface area contributed by atoms with E-state index in [1.165, 1.54) is 5.56 Å². The quantitative estimate of drug-likeness (QED) is 0.125. The number of aryl methyl sites for hydroxylation is 1. The van der Waals surface area contributed by atoms with E-state index in [-0.39, 0.29) is 0 Å². The van der Waals surface area contributed by atoms with Crippen LogP contribution < -0.4 is 14.5 Å². The summed E-state index contributed by atoms with van der Waals surface area (Å²) < 4.78 is 5.37. The van der Waals surface area contributed by atoms with Gasteiger partial charge in [0, 0.05) is 23.6 Å². The van der Waals surface area contributed by atoms with Crippen LogP contribution in [0.5, 0.6) is 5.75 Å². The lowest BCUT2D eigenvalue weighted by Crippen LogP contribution is -2.62. The first-order valence-electron chi connectivity index (χ1n) is 15.6. The number of aromatic nitrogens is 1. The fourth-order valence-electron chi connectivity index (χ4n) is 5.89. The summed E-state index contributed by atoms with van der Waals surface area (Å²) in [6.45, 7) is 2.52. The second-order valence-corrected chi connectivity index (χ2v) is 11.3. The molecule has 0 radical (unpaired) electrons. The lowest BCUT2D eigenvalue weighted by Gasteiger charge is -2.37. The Balaban J connectivity index is 1.41. The largest absolute Gasteiger partial charge is 0.497 e. The maximum absolute atomic E-state index is 14.3. The average Bonchev–Trinajstić information content (AvgIpc) is 3.49. The fourth-order valence-corrected chi connectivity index (χ4v) is 5.89. The van der Waals surface area contributed by atoms with Crippen molar-refractivity contribution in [3.63, 3.8) is 0 Å². The van der Waals surface area contributed by atoms with Crippen LogP contribution >= 0.6 is 0 Å². The number of anilines is 2. The SMILES string of the molecule is CCCCc1ccc2[nH]cc(CCN=C(c3ccc(OC)cc3)C3C(=O)N(c4ccccc4)C(=O)N(c4ccccc4)C3=O)c2c1. The number of amides is 4. The van der Waals surface area contributed by atoms with Crippen LogP contribution in [-0.2, 0) is 22.4 Å². The number of methoxy groups -OCH3 is 1. The number of aliphatic imine (C=N–C) groups is 1. The summed E-state index contributed by atoms with van der Waals surface area (Å²) in [5, 5.41) is 1.15. The number of nitrogens with one attached hydrogen (secondary N) is 1. The average molecular weight is 613 g/mol. The van der Waals surface area contributed by atoms with E-state index in [4.69, 9.17) is 9.73 Å². The minimum absolute atomic E-state index is 0.301. The van der Waals surface area contributed by atoms with Crippen LogP contribution in [0.4, 0.5) is 16.2 Å². The molecule has 0 bridgehead atoms. The molecule has 1 aliphatic rings. The summed E-state index contributed by atoms with van der Waals surface area (Å²) in [6.07, 6.45) is 5.88. The first kappa shape index (κ1) is 30.5. The molecule has 1 aromatic heterocycles. The van der Waals surface area contributed by atoms with E-state index in [1.807, 2.05) is 18.3 Å². The topological polar surface area (TPSA) is 95.1 Å². The van der Waals surface area contributed by atoms with E-state index in [0.29, 0.717) is 41.4 Å². The van der Waals surface area contributed by atoms with E-state index < -0.39 is 23.8 Å². The number of barbiturate groups is 1. The Labute approximate surface area is 268 Å². The number of aromatic amines is 1. The predicted octanol–water partition coefficient (Wildman–Crippen LogP) is 7.37. The van der Waals surface area contributed by atoms with Gasteiger partial charge >= 0.3 is 6.03 Å². The summed E-state index contributed by atoms with van der Waals surface area (Å²) in [7, 11) is 1.58. The zero-order chi connectivity index (χ0) is 32.0. The first-order chi connectivity index (χ1) is 22.5. The molecule has 0 atom stereocenters. The highest BCUT2D eigenvalue weighted by molar-refractivity contribution is 6.43. The number of para-hydroxylation sites is 2. The van der Waals surface area contributed by atoms with Gasteiger partial charge in [0.1, 0.15) is 5.75 Å². The molecule has 5 aromatic rings. The fraction of sp³-hybridized carbons (Fsp3) is 0.211. The molecule has 4 amide bonds. The van der Waals surface area contributed by atoms with Gasteiger partial charge in [-0.25, -0.2) is 14.6 Å². The van der Waals surface area contributed by atoms with E-state index in [2.05, 4.69) is 30.1 Å². The van der Waals surface area contributed by atoms with Crippen LogP contribution in [-0.4, -0.2) is 42.2 Å². The smallest absolute Gasteiger partial charge is 0.342 e. The van der Waals surface area contributed by atoms with Crippen molar-refractivity contribution in [3.8, 4) is 5.75 Å². The summed E-state index contributed by atoms with van der Waals surface area (Å²) in [4.78, 5) is 53.0. The molecule has 232 valence electrons. The highest BCUT2D eigenvalue weighted by atomic mass is 16.5. The van der Waals surface area contributed by atoms with Crippen LogP contribution in [0.15, 0.2) is 114 Å². The number of hydrogen-bond acceptors (Lipinski definition) is 5. The molecule has 6 rings (SSSR count). The highest BCUT2D eigenvalue weighted by Gasteiger charge is 2.49. The summed E-state index contributed by atoms with van der Waals surface area (Å²) in [5.74, 6) is -2.00. The van der Waals surface area contributed by atoms with Gasteiger partial charge in [-0.2, -0.15) is 0 Å². The molecule has 1 N–H and O–H groups in total. The second-order valence-electron chi connectivity index (χ2n) is 11.3. The predicted molar refractivity (Wildman–Crippen MR) is 182 cm³/mol. The minimum atomic E-state index is -1.35. The highest BCUT2D eigenvalue weighted by Crippen LogP contribution is 2.31. The lowest BCUT2D eigenvalue weighted by atomic mass is 9.91. The number of carbonyl (C=O) groups excluding carboxylic acids is 3. The van der Waals surface area contributed by atoms with Crippen molar-refractivity contribution >= 4 is 45.8 Å². The Morgan fingerprint density at radius 3 is 2.02 bits per heavy atom. The van der Waals surface area contributed by atoms with Crippen molar-refractivity contribution in [3.05, 3.63) is 126 Å². The van der Waals surface area contributed by atoms with Crippen LogP contribution in [0.1, 0.15) is 36.5 Å². The monoisotopic (exact) mass is 612 g/mol. The maximum Gasteiger partial charge on any atom is 0.342 e. The molecule has 8 nitrogen and oxygen atoms in total. The van der Waals surface area contributed by atoms with Crippen LogP contribution in [0, 0.1) is 5.92 Å². The van der Waals surface area contributed by atoms with Crippen LogP contribution in [0.2, 0.25) is 0 Å². The Hall–Kier alpha value is -5.50. The number of benzene rings is 4. The van der Waals surface area contributed by atoms with Gasteiger partial charge in [-0.05, 0) is 96.6 Å². The third kappa shape index (κ3) is 6.06. The number of fused-ring (bicyclic) bond motifs is 1. The first-order valence-corrected chi connectivity index (χ1v) is 15.6. The van der Waals surface area contributed by atoms with Gasteiger partial charge in [-0.1, -0.05) is 55.8 Å². The molecule has 46 heavy (non-hydrogen) atoms. The third-order valence-corrected chi connectivity index (χ3v) is 8.32. The number of hydrogen-bond donors (Lipinski definition) is 1. The van der Waals surface area contributed by atoms with Gasteiger partial charge < -0.3 is 9.72 Å². The number of unbranched alkanes of at least 4 members (excludes halogenated alkanes) is 1. The number of nitrogens with zero attached hydrogens (tertiary/aromatic N) is 3. The van der Waals surface area contributed by atoms with Crippen molar-refractivity contribution < 1.29 is 19.1 Å². The maximum atomic E-state index is 14.3.